The minimum atomic E-state index is -0.272. The molecule has 1 unspecified atom stereocenters. The van der Waals surface area contributed by atoms with Gasteiger partial charge in [-0.2, -0.15) is 0 Å². The number of rotatable bonds is 0. The zero-order chi connectivity index (χ0) is 11.9. The van der Waals surface area contributed by atoms with Crippen LogP contribution >= 0.6 is 15.9 Å². The summed E-state index contributed by atoms with van der Waals surface area (Å²) in [6.45, 7) is 0.820. The van der Waals surface area contributed by atoms with Crippen molar-refractivity contribution < 1.29 is 9.84 Å². The second-order valence-electron chi connectivity index (χ2n) is 4.61. The molecule has 2 aliphatic heterocycles. The van der Waals surface area contributed by atoms with Gasteiger partial charge in [0, 0.05) is 10.0 Å². The Bertz CT molecular complexity index is 474. The van der Waals surface area contributed by atoms with Gasteiger partial charge in [0.05, 0.1) is 17.9 Å². The van der Waals surface area contributed by atoms with Gasteiger partial charge in [-0.15, -0.1) is 0 Å². The monoisotopic (exact) mass is 295 g/mol. The highest BCUT2D eigenvalue weighted by Crippen LogP contribution is 2.41. The lowest BCUT2D eigenvalue weighted by molar-refractivity contribution is 0.0908. The number of hydrogen-bond acceptors (Lipinski definition) is 3. The largest absolute Gasteiger partial charge is 0.465 e. The Kier molecular flexibility index (Phi) is 2.73. The molecule has 2 heterocycles. The Morgan fingerprint density at radius 2 is 2.35 bits per heavy atom. The summed E-state index contributed by atoms with van der Waals surface area (Å²) in [4.78, 5) is 0. The van der Waals surface area contributed by atoms with Crippen molar-refractivity contribution in [1.29, 1.82) is 0 Å². The van der Waals surface area contributed by atoms with Crippen LogP contribution < -0.4 is 10.1 Å². The molecule has 3 nitrogen and oxygen atoms in total. The smallest absolute Gasteiger partial charge is 0.133 e. The normalized spacial score (nSPS) is 31.1. The van der Waals surface area contributed by atoms with E-state index in [1.807, 2.05) is 24.3 Å². The van der Waals surface area contributed by atoms with E-state index in [1.165, 1.54) is 0 Å². The fraction of sp³-hybridized carbons (Fsp3) is 0.385. The lowest BCUT2D eigenvalue weighted by Crippen LogP contribution is -2.49. The minimum Gasteiger partial charge on any atom is -0.465 e. The Labute approximate surface area is 109 Å². The molecule has 2 aliphatic rings. The van der Waals surface area contributed by atoms with E-state index in [9.17, 15) is 5.11 Å². The number of fused-ring (bicyclic) bond motifs is 2. The Morgan fingerprint density at radius 1 is 1.47 bits per heavy atom. The van der Waals surface area contributed by atoms with Crippen LogP contribution in [0.25, 0.3) is 0 Å². The first kappa shape index (κ1) is 11.3. The maximum absolute atomic E-state index is 9.88. The van der Waals surface area contributed by atoms with Crippen LogP contribution in [0.15, 0.2) is 35.0 Å². The van der Waals surface area contributed by atoms with Crippen molar-refractivity contribution in [3.8, 4) is 5.75 Å². The van der Waals surface area contributed by atoms with Gasteiger partial charge in [0.1, 0.15) is 5.75 Å². The predicted octanol–water partition coefficient (Wildman–Crippen LogP) is 2.29. The highest BCUT2D eigenvalue weighted by Gasteiger charge is 2.38. The number of aliphatic hydroxyl groups excluding tert-OH is 1. The molecule has 3 rings (SSSR count). The second-order valence-corrected chi connectivity index (χ2v) is 5.52. The third-order valence-electron chi connectivity index (χ3n) is 3.45. The Balaban J connectivity index is 2.07. The van der Waals surface area contributed by atoms with E-state index >= 15 is 0 Å². The van der Waals surface area contributed by atoms with Crippen LogP contribution in [0.2, 0.25) is 0 Å². The molecule has 2 atom stereocenters. The maximum atomic E-state index is 9.88. The number of halogens is 1. The van der Waals surface area contributed by atoms with Crippen molar-refractivity contribution in [2.75, 3.05) is 6.54 Å². The average Bonchev–Trinajstić information content (AvgIpc) is 2.28. The first-order valence-corrected chi connectivity index (χ1v) is 6.56. The molecule has 17 heavy (non-hydrogen) atoms. The lowest BCUT2D eigenvalue weighted by atomic mass is 9.80. The highest BCUT2D eigenvalue weighted by molar-refractivity contribution is 9.10. The van der Waals surface area contributed by atoms with Crippen molar-refractivity contribution in [1.82, 2.24) is 5.32 Å². The molecular weight excluding hydrogens is 282 g/mol. The summed E-state index contributed by atoms with van der Waals surface area (Å²) in [6, 6.07) is 6.02. The van der Waals surface area contributed by atoms with E-state index in [-0.39, 0.29) is 11.6 Å². The molecule has 1 aromatic carbocycles. The van der Waals surface area contributed by atoms with Crippen molar-refractivity contribution >= 4 is 15.9 Å². The molecule has 90 valence electrons. The number of hydrogen-bond donors (Lipinski definition) is 2. The van der Waals surface area contributed by atoms with Crippen molar-refractivity contribution in [2.24, 2.45) is 0 Å². The van der Waals surface area contributed by atoms with Gasteiger partial charge in [0.25, 0.3) is 0 Å². The summed E-state index contributed by atoms with van der Waals surface area (Å²) >= 11 is 3.44. The molecule has 0 aromatic heterocycles. The topological polar surface area (TPSA) is 41.5 Å². The number of ether oxygens (including phenoxy) is 1. The second kappa shape index (κ2) is 4.12. The zero-order valence-corrected chi connectivity index (χ0v) is 10.9. The summed E-state index contributed by atoms with van der Waals surface area (Å²) < 4.78 is 6.53. The van der Waals surface area contributed by atoms with Gasteiger partial charge in [-0.3, -0.25) is 0 Å². The van der Waals surface area contributed by atoms with Gasteiger partial charge >= 0.3 is 0 Å². The van der Waals surface area contributed by atoms with Gasteiger partial charge in [-0.1, -0.05) is 22.0 Å². The number of aliphatic hydroxyl groups is 1. The molecular formula is C13H14BrNO2. The van der Waals surface area contributed by atoms with Crippen molar-refractivity contribution in [3.63, 3.8) is 0 Å². The summed E-state index contributed by atoms with van der Waals surface area (Å²) in [5.41, 5.74) is 0.827. The van der Waals surface area contributed by atoms with Gasteiger partial charge in [0.2, 0.25) is 0 Å². The van der Waals surface area contributed by atoms with Gasteiger partial charge < -0.3 is 15.2 Å². The number of piperidine rings is 1. The minimum absolute atomic E-state index is 0.254. The molecule has 1 fully saturated rings. The van der Waals surface area contributed by atoms with Crippen LogP contribution in [0.3, 0.4) is 0 Å². The summed E-state index contributed by atoms with van der Waals surface area (Å²) in [5, 5.41) is 13.4. The predicted molar refractivity (Wildman–Crippen MR) is 68.8 cm³/mol. The fourth-order valence-electron chi connectivity index (χ4n) is 2.62. The van der Waals surface area contributed by atoms with E-state index < -0.39 is 0 Å². The quantitative estimate of drug-likeness (QED) is 0.772. The van der Waals surface area contributed by atoms with Gasteiger partial charge in [-0.25, -0.2) is 0 Å². The summed E-state index contributed by atoms with van der Waals surface area (Å²) in [5.74, 6) is 0.850. The van der Waals surface area contributed by atoms with Crippen LogP contribution in [0.1, 0.15) is 18.4 Å². The highest BCUT2D eigenvalue weighted by atomic mass is 79.9. The van der Waals surface area contributed by atoms with Crippen LogP contribution in [0.5, 0.6) is 5.75 Å². The van der Waals surface area contributed by atoms with Crippen molar-refractivity contribution in [3.05, 3.63) is 40.6 Å². The molecule has 0 radical (unpaired) electrons. The number of benzene rings is 1. The number of nitrogens with one attached hydrogen (secondary N) is 1. The molecule has 0 aliphatic carbocycles. The van der Waals surface area contributed by atoms with Crippen LogP contribution in [-0.2, 0) is 5.54 Å². The average molecular weight is 296 g/mol. The molecule has 1 aromatic rings. The molecule has 0 bridgehead atoms. The fourth-order valence-corrected chi connectivity index (χ4v) is 2.96. The zero-order valence-electron chi connectivity index (χ0n) is 9.32. The third-order valence-corrected chi connectivity index (χ3v) is 3.94. The van der Waals surface area contributed by atoms with Crippen LogP contribution in [0.4, 0.5) is 0 Å². The van der Waals surface area contributed by atoms with Crippen LogP contribution in [-0.4, -0.2) is 17.8 Å². The first-order chi connectivity index (χ1) is 8.20. The first-order valence-electron chi connectivity index (χ1n) is 5.77. The Morgan fingerprint density at radius 3 is 3.18 bits per heavy atom. The van der Waals surface area contributed by atoms with Gasteiger partial charge in [0.15, 0.2) is 0 Å². The molecule has 0 amide bonds. The summed E-state index contributed by atoms with van der Waals surface area (Å²) in [7, 11) is 0. The molecule has 4 heteroatoms. The maximum Gasteiger partial charge on any atom is 0.133 e. The standard InChI is InChI=1S/C13H14BrNO2/c14-9-1-2-11-12(7-9)17-6-4-13(11)8-10(16)3-5-15-13/h1-2,4,6-7,10,15-16H,3,5,8H2/t10?,13-/m1/s1. The van der Waals surface area contributed by atoms with Crippen LogP contribution in [0, 0.1) is 0 Å². The van der Waals surface area contributed by atoms with E-state index in [2.05, 4.69) is 21.2 Å². The molecule has 1 saturated heterocycles. The SMILES string of the molecule is OC1CCN[C@]2(C=COc3cc(Br)ccc32)C1. The third kappa shape index (κ3) is 1.90. The Hall–Kier alpha value is -0.840. The molecule has 2 N–H and O–H groups in total. The molecule has 1 spiro atoms. The lowest BCUT2D eigenvalue weighted by Gasteiger charge is -2.40. The van der Waals surface area contributed by atoms with Crippen molar-refractivity contribution in [2.45, 2.75) is 24.5 Å². The van der Waals surface area contributed by atoms with E-state index in [4.69, 9.17) is 4.74 Å². The van der Waals surface area contributed by atoms with E-state index in [0.717, 1.165) is 28.8 Å². The van der Waals surface area contributed by atoms with Gasteiger partial charge in [-0.05, 0) is 37.6 Å². The van der Waals surface area contributed by atoms with E-state index in [1.54, 1.807) is 6.26 Å². The molecule has 0 saturated carbocycles. The van der Waals surface area contributed by atoms with E-state index in [0.29, 0.717) is 6.42 Å². The summed E-state index contributed by atoms with van der Waals surface area (Å²) in [6.07, 6.45) is 4.96.